The van der Waals surface area contributed by atoms with Crippen LogP contribution in [0.3, 0.4) is 0 Å². The molecule has 0 atom stereocenters. The van der Waals surface area contributed by atoms with E-state index in [0.717, 1.165) is 43.9 Å². The SMILES string of the molecule is O=C1Nc2ccccc2/C1=C(/Nc1ccc(-c2c[nH]cn2)cc1)c1ccc(Br)cc1. The quantitative estimate of drug-likeness (QED) is 0.341. The number of carbonyl (C=O) groups is 1. The summed E-state index contributed by atoms with van der Waals surface area (Å²) in [5.74, 6) is -0.116. The van der Waals surface area contributed by atoms with Gasteiger partial charge in [0.05, 0.1) is 23.3 Å². The van der Waals surface area contributed by atoms with Crippen LogP contribution in [0.4, 0.5) is 11.4 Å². The number of para-hydroxylation sites is 1. The molecule has 1 aromatic heterocycles. The van der Waals surface area contributed by atoms with Gasteiger partial charge in [-0.15, -0.1) is 0 Å². The first-order valence-corrected chi connectivity index (χ1v) is 10.3. The van der Waals surface area contributed by atoms with E-state index in [2.05, 4.69) is 36.5 Å². The number of halogens is 1. The number of amides is 1. The Morgan fingerprint density at radius 2 is 1.70 bits per heavy atom. The van der Waals surface area contributed by atoms with Gasteiger partial charge in [-0.2, -0.15) is 0 Å². The zero-order chi connectivity index (χ0) is 20.5. The number of benzene rings is 3. The Bertz CT molecular complexity index is 1240. The minimum Gasteiger partial charge on any atom is -0.354 e. The lowest BCUT2D eigenvalue weighted by Crippen LogP contribution is -2.10. The largest absolute Gasteiger partial charge is 0.354 e. The zero-order valence-electron chi connectivity index (χ0n) is 15.8. The van der Waals surface area contributed by atoms with Gasteiger partial charge in [-0.3, -0.25) is 4.79 Å². The van der Waals surface area contributed by atoms with Crippen molar-refractivity contribution < 1.29 is 4.79 Å². The summed E-state index contributed by atoms with van der Waals surface area (Å²) in [6.07, 6.45) is 3.52. The molecule has 0 bridgehead atoms. The molecule has 5 nitrogen and oxygen atoms in total. The van der Waals surface area contributed by atoms with Gasteiger partial charge in [-0.25, -0.2) is 4.98 Å². The lowest BCUT2D eigenvalue weighted by atomic mass is 10.00. The van der Waals surface area contributed by atoms with Crippen LogP contribution in [0, 0.1) is 0 Å². The molecule has 146 valence electrons. The zero-order valence-corrected chi connectivity index (χ0v) is 17.4. The second kappa shape index (κ2) is 7.65. The highest BCUT2D eigenvalue weighted by molar-refractivity contribution is 9.10. The van der Waals surface area contributed by atoms with Gasteiger partial charge < -0.3 is 15.6 Å². The van der Waals surface area contributed by atoms with E-state index in [-0.39, 0.29) is 5.91 Å². The molecule has 0 fully saturated rings. The molecule has 3 aromatic carbocycles. The van der Waals surface area contributed by atoms with Crippen LogP contribution in [-0.4, -0.2) is 15.9 Å². The number of aromatic amines is 1. The van der Waals surface area contributed by atoms with E-state index in [1.165, 1.54) is 0 Å². The average Bonchev–Trinajstić information content (AvgIpc) is 3.41. The molecule has 1 aliphatic rings. The van der Waals surface area contributed by atoms with Gasteiger partial charge in [0, 0.05) is 33.2 Å². The fourth-order valence-corrected chi connectivity index (χ4v) is 3.81. The highest BCUT2D eigenvalue weighted by Gasteiger charge is 2.28. The predicted molar refractivity (Wildman–Crippen MR) is 124 cm³/mol. The van der Waals surface area contributed by atoms with Crippen molar-refractivity contribution in [2.24, 2.45) is 0 Å². The third-order valence-corrected chi connectivity index (χ3v) is 5.53. The van der Waals surface area contributed by atoms with E-state index in [1.807, 2.05) is 79.0 Å². The maximum atomic E-state index is 12.9. The first-order chi connectivity index (χ1) is 14.7. The van der Waals surface area contributed by atoms with Crippen molar-refractivity contribution in [2.75, 3.05) is 10.6 Å². The second-order valence-corrected chi connectivity index (χ2v) is 7.83. The molecule has 5 rings (SSSR count). The van der Waals surface area contributed by atoms with Crippen LogP contribution in [0.5, 0.6) is 0 Å². The van der Waals surface area contributed by atoms with Crippen LogP contribution in [0.2, 0.25) is 0 Å². The molecular weight excluding hydrogens is 440 g/mol. The maximum absolute atomic E-state index is 12.9. The number of H-pyrrole nitrogens is 1. The Kier molecular flexibility index (Phi) is 4.69. The van der Waals surface area contributed by atoms with Crippen LogP contribution < -0.4 is 10.6 Å². The molecule has 2 heterocycles. The number of rotatable bonds is 4. The van der Waals surface area contributed by atoms with E-state index in [9.17, 15) is 4.79 Å². The van der Waals surface area contributed by atoms with Crippen molar-refractivity contribution in [3.05, 3.63) is 101 Å². The molecule has 30 heavy (non-hydrogen) atoms. The summed E-state index contributed by atoms with van der Waals surface area (Å²) in [4.78, 5) is 20.1. The molecule has 0 aliphatic carbocycles. The smallest absolute Gasteiger partial charge is 0.258 e. The summed E-state index contributed by atoms with van der Waals surface area (Å²) >= 11 is 3.49. The third-order valence-electron chi connectivity index (χ3n) is 5.00. The highest BCUT2D eigenvalue weighted by Crippen LogP contribution is 2.37. The molecule has 3 N–H and O–H groups in total. The van der Waals surface area contributed by atoms with E-state index in [0.29, 0.717) is 5.57 Å². The molecule has 0 radical (unpaired) electrons. The highest BCUT2D eigenvalue weighted by atomic mass is 79.9. The number of imidazole rings is 1. The minimum atomic E-state index is -0.116. The minimum absolute atomic E-state index is 0.116. The Hall–Kier alpha value is -3.64. The lowest BCUT2D eigenvalue weighted by molar-refractivity contribution is -0.110. The van der Waals surface area contributed by atoms with Gasteiger partial charge in [-0.05, 0) is 35.9 Å². The van der Waals surface area contributed by atoms with Gasteiger partial charge in [0.2, 0.25) is 0 Å². The molecule has 0 saturated carbocycles. The summed E-state index contributed by atoms with van der Waals surface area (Å²) < 4.78 is 0.982. The third kappa shape index (κ3) is 3.42. The monoisotopic (exact) mass is 456 g/mol. The lowest BCUT2D eigenvalue weighted by Gasteiger charge is -2.15. The fraction of sp³-hybridized carbons (Fsp3) is 0. The first kappa shape index (κ1) is 18.4. The predicted octanol–water partition coefficient (Wildman–Crippen LogP) is 5.77. The molecule has 0 saturated heterocycles. The average molecular weight is 457 g/mol. The normalized spacial score (nSPS) is 14.2. The number of anilines is 2. The maximum Gasteiger partial charge on any atom is 0.258 e. The van der Waals surface area contributed by atoms with Crippen LogP contribution in [0.1, 0.15) is 11.1 Å². The fourth-order valence-electron chi connectivity index (χ4n) is 3.55. The molecule has 0 spiro atoms. The van der Waals surface area contributed by atoms with Crippen molar-refractivity contribution in [2.45, 2.75) is 0 Å². The standard InChI is InChI=1S/C24H17BrN4O/c25-17-9-5-16(6-10-17)23(22-19-3-1-2-4-20(19)29-24(22)30)28-18-11-7-15(8-12-18)21-13-26-14-27-21/h1-14,28H,(H,26,27)(H,29,30)/b23-22-. The van der Waals surface area contributed by atoms with Crippen molar-refractivity contribution in [1.82, 2.24) is 9.97 Å². The molecule has 4 aromatic rings. The molecular formula is C24H17BrN4O. The molecule has 1 amide bonds. The second-order valence-electron chi connectivity index (χ2n) is 6.91. The van der Waals surface area contributed by atoms with Crippen molar-refractivity contribution >= 4 is 44.5 Å². The first-order valence-electron chi connectivity index (χ1n) is 9.46. The van der Waals surface area contributed by atoms with Crippen molar-refractivity contribution in [1.29, 1.82) is 0 Å². The Labute approximate surface area is 182 Å². The summed E-state index contributed by atoms with van der Waals surface area (Å²) in [5.41, 5.74) is 6.82. The number of fused-ring (bicyclic) bond motifs is 1. The van der Waals surface area contributed by atoms with Gasteiger partial charge in [-0.1, -0.05) is 58.4 Å². The van der Waals surface area contributed by atoms with E-state index < -0.39 is 0 Å². The number of aromatic nitrogens is 2. The van der Waals surface area contributed by atoms with Crippen LogP contribution >= 0.6 is 15.9 Å². The van der Waals surface area contributed by atoms with Crippen LogP contribution in [0.25, 0.3) is 22.5 Å². The number of hydrogen-bond acceptors (Lipinski definition) is 3. The number of nitrogens with zero attached hydrogens (tertiary/aromatic N) is 1. The summed E-state index contributed by atoms with van der Waals surface area (Å²) in [7, 11) is 0. The Balaban J connectivity index is 1.59. The Morgan fingerprint density at radius 3 is 2.43 bits per heavy atom. The van der Waals surface area contributed by atoms with Gasteiger partial charge in [0.15, 0.2) is 0 Å². The van der Waals surface area contributed by atoms with E-state index in [4.69, 9.17) is 0 Å². The van der Waals surface area contributed by atoms with Crippen LogP contribution in [-0.2, 0) is 4.79 Å². The number of carbonyl (C=O) groups excluding carboxylic acids is 1. The van der Waals surface area contributed by atoms with Crippen LogP contribution in [0.15, 0.2) is 89.8 Å². The number of nitrogens with one attached hydrogen (secondary N) is 3. The van der Waals surface area contributed by atoms with Gasteiger partial charge in [0.25, 0.3) is 5.91 Å². The summed E-state index contributed by atoms with van der Waals surface area (Å²) in [5, 5.41) is 6.44. The Morgan fingerprint density at radius 1 is 0.933 bits per heavy atom. The van der Waals surface area contributed by atoms with Gasteiger partial charge >= 0.3 is 0 Å². The molecule has 1 aliphatic heterocycles. The van der Waals surface area contributed by atoms with E-state index >= 15 is 0 Å². The number of hydrogen-bond donors (Lipinski definition) is 3. The van der Waals surface area contributed by atoms with Crippen molar-refractivity contribution in [3.63, 3.8) is 0 Å². The van der Waals surface area contributed by atoms with E-state index in [1.54, 1.807) is 6.33 Å². The van der Waals surface area contributed by atoms with Crippen molar-refractivity contribution in [3.8, 4) is 11.3 Å². The molecule has 6 heteroatoms. The molecule has 0 unspecified atom stereocenters. The summed E-state index contributed by atoms with van der Waals surface area (Å²) in [6, 6.07) is 23.6. The topological polar surface area (TPSA) is 69.8 Å². The summed E-state index contributed by atoms with van der Waals surface area (Å²) in [6.45, 7) is 0. The van der Waals surface area contributed by atoms with Gasteiger partial charge in [0.1, 0.15) is 0 Å².